The first-order valence-electron chi connectivity index (χ1n) is 6.94. The molecule has 0 amide bonds. The molecule has 0 saturated carbocycles. The number of ether oxygens (including phenoxy) is 1. The molecule has 5 nitrogen and oxygen atoms in total. The van der Waals surface area contributed by atoms with E-state index in [4.69, 9.17) is 4.74 Å². The van der Waals surface area contributed by atoms with E-state index < -0.39 is 11.9 Å². The molecule has 0 aliphatic rings. The van der Waals surface area contributed by atoms with Crippen molar-refractivity contribution in [3.05, 3.63) is 41.7 Å². The molecule has 1 N–H and O–H groups in total. The monoisotopic (exact) mass is 293 g/mol. The van der Waals surface area contributed by atoms with Gasteiger partial charge in [0.1, 0.15) is 12.9 Å². The van der Waals surface area contributed by atoms with E-state index in [-0.39, 0.29) is 12.4 Å². The zero-order valence-corrected chi connectivity index (χ0v) is 12.5. The summed E-state index contributed by atoms with van der Waals surface area (Å²) in [7, 11) is 0. The van der Waals surface area contributed by atoms with Gasteiger partial charge in [-0.05, 0) is 30.5 Å². The van der Waals surface area contributed by atoms with Crippen LogP contribution in [0.1, 0.15) is 38.3 Å². The molecule has 2 aromatic rings. The molecule has 2 rings (SSSR count). The Morgan fingerprint density at radius 2 is 2.10 bits per heavy atom. The average Bonchev–Trinajstić information content (AvgIpc) is 2.83. The van der Waals surface area contributed by atoms with Crippen molar-refractivity contribution in [1.82, 2.24) is 14.8 Å². The molecule has 0 aliphatic heterocycles. The van der Waals surface area contributed by atoms with E-state index in [9.17, 15) is 9.50 Å². The second-order valence-corrected chi connectivity index (χ2v) is 5.41. The van der Waals surface area contributed by atoms with E-state index in [1.165, 1.54) is 18.5 Å². The predicted octanol–water partition coefficient (Wildman–Crippen LogP) is 2.71. The van der Waals surface area contributed by atoms with E-state index in [0.29, 0.717) is 17.3 Å². The highest BCUT2D eigenvalue weighted by molar-refractivity contribution is 5.30. The summed E-state index contributed by atoms with van der Waals surface area (Å²) in [5.74, 6) is 0.733. The number of rotatable bonds is 6. The van der Waals surface area contributed by atoms with Gasteiger partial charge in [0, 0.05) is 6.54 Å². The Labute approximate surface area is 123 Å². The molecule has 0 bridgehead atoms. The number of aliphatic hydroxyl groups excluding tert-OH is 1. The van der Waals surface area contributed by atoms with Gasteiger partial charge < -0.3 is 9.84 Å². The van der Waals surface area contributed by atoms with Gasteiger partial charge >= 0.3 is 0 Å². The van der Waals surface area contributed by atoms with Crippen LogP contribution in [0.15, 0.2) is 24.5 Å². The van der Waals surface area contributed by atoms with Crippen LogP contribution >= 0.6 is 0 Å². The van der Waals surface area contributed by atoms with E-state index in [0.717, 1.165) is 6.54 Å². The quantitative estimate of drug-likeness (QED) is 0.889. The van der Waals surface area contributed by atoms with Crippen LogP contribution in [0, 0.1) is 11.7 Å². The summed E-state index contributed by atoms with van der Waals surface area (Å²) >= 11 is 0. The molecule has 0 spiro atoms. The van der Waals surface area contributed by atoms with E-state index >= 15 is 0 Å². The number of halogens is 1. The van der Waals surface area contributed by atoms with Gasteiger partial charge in [-0.1, -0.05) is 19.9 Å². The first-order chi connectivity index (χ1) is 9.97. The van der Waals surface area contributed by atoms with Crippen molar-refractivity contribution in [1.29, 1.82) is 0 Å². The molecule has 0 unspecified atom stereocenters. The lowest BCUT2D eigenvalue weighted by Gasteiger charge is -2.11. The van der Waals surface area contributed by atoms with Crippen LogP contribution in [-0.4, -0.2) is 19.9 Å². The van der Waals surface area contributed by atoms with Gasteiger partial charge in [-0.3, -0.25) is 0 Å². The molecule has 0 fully saturated rings. The topological polar surface area (TPSA) is 60.2 Å². The van der Waals surface area contributed by atoms with Gasteiger partial charge in [0.15, 0.2) is 17.4 Å². The van der Waals surface area contributed by atoms with Crippen molar-refractivity contribution in [3.8, 4) is 5.75 Å². The molecule has 0 radical (unpaired) electrons. The summed E-state index contributed by atoms with van der Waals surface area (Å²) in [5, 5.41) is 13.5. The minimum absolute atomic E-state index is 0.137. The minimum atomic E-state index is -0.706. The Hall–Kier alpha value is -1.95. The molecule has 1 heterocycles. The lowest BCUT2D eigenvalue weighted by molar-refractivity contribution is 0.198. The Balaban J connectivity index is 2.05. The Kier molecular flexibility index (Phi) is 4.90. The molecule has 21 heavy (non-hydrogen) atoms. The molecular weight excluding hydrogens is 273 g/mol. The summed E-state index contributed by atoms with van der Waals surface area (Å²) in [5.41, 5.74) is 0.517. The van der Waals surface area contributed by atoms with E-state index in [2.05, 4.69) is 23.9 Å². The summed E-state index contributed by atoms with van der Waals surface area (Å²) in [4.78, 5) is 4.12. The maximum Gasteiger partial charge on any atom is 0.165 e. The SMILES string of the molecule is CC(C)Cn1ncnc1COc1ccc([C@H](C)O)cc1F. The number of aromatic nitrogens is 3. The molecule has 1 atom stereocenters. The summed E-state index contributed by atoms with van der Waals surface area (Å²) < 4.78 is 21.1. The van der Waals surface area contributed by atoms with Crippen molar-refractivity contribution in [2.45, 2.75) is 40.0 Å². The average molecular weight is 293 g/mol. The smallest absolute Gasteiger partial charge is 0.165 e. The van der Waals surface area contributed by atoms with Gasteiger partial charge in [0.25, 0.3) is 0 Å². The number of benzene rings is 1. The van der Waals surface area contributed by atoms with E-state index in [1.54, 1.807) is 17.7 Å². The van der Waals surface area contributed by atoms with Crippen LogP contribution in [0.2, 0.25) is 0 Å². The van der Waals surface area contributed by atoms with Gasteiger partial charge in [0.05, 0.1) is 6.10 Å². The van der Waals surface area contributed by atoms with Gasteiger partial charge in [-0.2, -0.15) is 5.10 Å². The third kappa shape index (κ3) is 4.01. The highest BCUT2D eigenvalue weighted by atomic mass is 19.1. The van der Waals surface area contributed by atoms with Crippen molar-refractivity contribution in [2.75, 3.05) is 0 Å². The second kappa shape index (κ2) is 6.67. The Bertz CT molecular complexity index is 596. The van der Waals surface area contributed by atoms with Crippen molar-refractivity contribution >= 4 is 0 Å². The molecule has 6 heteroatoms. The number of nitrogens with zero attached hydrogens (tertiary/aromatic N) is 3. The standard InChI is InChI=1S/C15H20FN3O2/c1-10(2)7-19-15(17-9-18-19)8-21-14-5-4-12(11(3)20)6-13(14)16/h4-6,9-11,20H,7-8H2,1-3H3/t11-/m0/s1. The van der Waals surface area contributed by atoms with E-state index in [1.807, 2.05) is 0 Å². The molecule has 0 saturated heterocycles. The third-order valence-corrected chi connectivity index (χ3v) is 3.03. The molecule has 114 valence electrons. The number of hydrogen-bond donors (Lipinski definition) is 1. The number of aliphatic hydroxyl groups is 1. The maximum atomic E-state index is 13.9. The Morgan fingerprint density at radius 1 is 1.33 bits per heavy atom. The largest absolute Gasteiger partial charge is 0.483 e. The van der Waals surface area contributed by atoms with Gasteiger partial charge in [0.2, 0.25) is 0 Å². The van der Waals surface area contributed by atoms with Crippen molar-refractivity contribution in [2.24, 2.45) is 5.92 Å². The third-order valence-electron chi connectivity index (χ3n) is 3.03. The fraction of sp³-hybridized carbons (Fsp3) is 0.467. The fourth-order valence-corrected chi connectivity index (χ4v) is 1.93. The van der Waals surface area contributed by atoms with Crippen LogP contribution < -0.4 is 4.74 Å². The van der Waals surface area contributed by atoms with Crippen LogP contribution in [-0.2, 0) is 13.2 Å². The highest BCUT2D eigenvalue weighted by Gasteiger charge is 2.11. The van der Waals surface area contributed by atoms with Crippen molar-refractivity contribution < 1.29 is 14.2 Å². The first kappa shape index (κ1) is 15.4. The van der Waals surface area contributed by atoms with Crippen LogP contribution in [0.4, 0.5) is 4.39 Å². The summed E-state index contributed by atoms with van der Waals surface area (Å²) in [6.07, 6.45) is 0.760. The fourth-order valence-electron chi connectivity index (χ4n) is 1.93. The molecule has 0 aliphatic carbocycles. The predicted molar refractivity (Wildman–Crippen MR) is 76.2 cm³/mol. The normalized spacial score (nSPS) is 12.7. The first-order valence-corrected chi connectivity index (χ1v) is 6.94. The molecule has 1 aromatic heterocycles. The molecule has 1 aromatic carbocycles. The lowest BCUT2D eigenvalue weighted by Crippen LogP contribution is -2.12. The zero-order chi connectivity index (χ0) is 15.4. The second-order valence-electron chi connectivity index (χ2n) is 5.41. The van der Waals surface area contributed by atoms with Gasteiger partial charge in [-0.25, -0.2) is 14.1 Å². The zero-order valence-electron chi connectivity index (χ0n) is 12.5. The number of hydrogen-bond acceptors (Lipinski definition) is 4. The molecular formula is C15H20FN3O2. The lowest BCUT2D eigenvalue weighted by atomic mass is 10.1. The highest BCUT2D eigenvalue weighted by Crippen LogP contribution is 2.22. The summed E-state index contributed by atoms with van der Waals surface area (Å²) in [6, 6.07) is 4.43. The van der Waals surface area contributed by atoms with Crippen LogP contribution in [0.25, 0.3) is 0 Å². The minimum Gasteiger partial charge on any atom is -0.483 e. The maximum absolute atomic E-state index is 13.9. The van der Waals surface area contributed by atoms with Gasteiger partial charge in [-0.15, -0.1) is 0 Å². The van der Waals surface area contributed by atoms with Crippen LogP contribution in [0.3, 0.4) is 0 Å². The van der Waals surface area contributed by atoms with Crippen molar-refractivity contribution in [3.63, 3.8) is 0 Å². The van der Waals surface area contributed by atoms with Crippen LogP contribution in [0.5, 0.6) is 5.75 Å². The Morgan fingerprint density at radius 3 is 2.71 bits per heavy atom. The summed E-state index contributed by atoms with van der Waals surface area (Å²) in [6.45, 7) is 6.64.